The molecule has 0 aliphatic rings. The summed E-state index contributed by atoms with van der Waals surface area (Å²) in [6, 6.07) is 10.3. The summed E-state index contributed by atoms with van der Waals surface area (Å²) in [5.41, 5.74) is 1.19. The van der Waals surface area contributed by atoms with Gasteiger partial charge in [-0.3, -0.25) is 0 Å². The third-order valence-electron chi connectivity index (χ3n) is 2.97. The van der Waals surface area contributed by atoms with Gasteiger partial charge in [0, 0.05) is 10.9 Å². The van der Waals surface area contributed by atoms with Gasteiger partial charge in [0.1, 0.15) is 5.75 Å². The van der Waals surface area contributed by atoms with E-state index in [1.807, 2.05) is 31.3 Å². The molecule has 0 saturated heterocycles. The van der Waals surface area contributed by atoms with Crippen LogP contribution in [-0.2, 0) is 6.42 Å². The lowest BCUT2D eigenvalue weighted by molar-refractivity contribution is 0.406. The molecule has 0 spiro atoms. The molecule has 1 atom stereocenters. The summed E-state index contributed by atoms with van der Waals surface area (Å²) >= 11 is 11.2. The Morgan fingerprint density at radius 3 is 2.74 bits per heavy atom. The maximum absolute atomic E-state index is 6.10. The van der Waals surface area contributed by atoms with Crippen LogP contribution in [0.5, 0.6) is 5.75 Å². The summed E-state index contributed by atoms with van der Waals surface area (Å²) in [6.45, 7) is 0. The first-order valence-corrected chi connectivity index (χ1v) is 7.88. The highest BCUT2D eigenvalue weighted by Crippen LogP contribution is 2.36. The van der Waals surface area contributed by atoms with Crippen molar-refractivity contribution < 1.29 is 4.74 Å². The lowest BCUT2D eigenvalue weighted by atomic mass is 10.0. The van der Waals surface area contributed by atoms with E-state index >= 15 is 0 Å². The molecule has 102 valence electrons. The molecule has 2 aromatic rings. The second-order valence-corrected chi connectivity index (χ2v) is 6.94. The molecule has 1 N–H and O–H groups in total. The molecule has 0 bridgehead atoms. The average molecular weight is 361 g/mol. The van der Waals surface area contributed by atoms with Gasteiger partial charge >= 0.3 is 0 Å². The molecule has 0 aliphatic carbocycles. The molecule has 0 saturated carbocycles. The van der Waals surface area contributed by atoms with Gasteiger partial charge < -0.3 is 10.1 Å². The van der Waals surface area contributed by atoms with Crippen molar-refractivity contribution in [3.63, 3.8) is 0 Å². The number of rotatable bonds is 5. The van der Waals surface area contributed by atoms with Crippen LogP contribution in [0.15, 0.2) is 34.1 Å². The summed E-state index contributed by atoms with van der Waals surface area (Å²) in [7, 11) is 3.66. The fourth-order valence-corrected chi connectivity index (χ4v) is 3.83. The predicted octanol–water partition coefficient (Wildman–Crippen LogP) is 4.68. The van der Waals surface area contributed by atoms with Crippen molar-refractivity contribution in [2.45, 2.75) is 12.5 Å². The first kappa shape index (κ1) is 14.9. The Hall–Kier alpha value is -0.550. The minimum atomic E-state index is 0.227. The predicted molar refractivity (Wildman–Crippen MR) is 85.5 cm³/mol. The van der Waals surface area contributed by atoms with E-state index in [-0.39, 0.29) is 6.04 Å². The van der Waals surface area contributed by atoms with Crippen molar-refractivity contribution in [3.8, 4) is 5.75 Å². The number of hydrogen-bond acceptors (Lipinski definition) is 3. The minimum Gasteiger partial charge on any atom is -0.496 e. The van der Waals surface area contributed by atoms with Gasteiger partial charge in [0.05, 0.1) is 15.9 Å². The number of likely N-dealkylation sites (N-methyl/N-ethyl adjacent to an activating group) is 1. The highest BCUT2D eigenvalue weighted by Gasteiger charge is 2.16. The van der Waals surface area contributed by atoms with Gasteiger partial charge in [0.25, 0.3) is 0 Å². The zero-order chi connectivity index (χ0) is 13.8. The number of benzene rings is 1. The number of thiophene rings is 1. The normalized spacial score (nSPS) is 12.4. The van der Waals surface area contributed by atoms with Gasteiger partial charge in [-0.1, -0.05) is 29.8 Å². The molecule has 2 nitrogen and oxygen atoms in total. The number of halogens is 2. The molecular weight excluding hydrogens is 346 g/mol. The second-order valence-electron chi connectivity index (χ2n) is 4.13. The highest BCUT2D eigenvalue weighted by molar-refractivity contribution is 9.11. The van der Waals surface area contributed by atoms with Crippen LogP contribution in [0.25, 0.3) is 0 Å². The van der Waals surface area contributed by atoms with Gasteiger partial charge in [-0.2, -0.15) is 0 Å². The highest BCUT2D eigenvalue weighted by atomic mass is 79.9. The van der Waals surface area contributed by atoms with E-state index in [1.54, 1.807) is 18.4 Å². The van der Waals surface area contributed by atoms with E-state index in [0.717, 1.165) is 21.0 Å². The summed E-state index contributed by atoms with van der Waals surface area (Å²) in [5.74, 6) is 0.921. The Morgan fingerprint density at radius 2 is 2.16 bits per heavy atom. The Kier molecular flexibility index (Phi) is 5.28. The maximum Gasteiger partial charge on any atom is 0.122 e. The molecule has 5 heteroatoms. The fraction of sp³-hybridized carbons (Fsp3) is 0.286. The minimum absolute atomic E-state index is 0.227. The largest absolute Gasteiger partial charge is 0.496 e. The summed E-state index contributed by atoms with van der Waals surface area (Å²) < 4.78 is 6.37. The lowest BCUT2D eigenvalue weighted by Crippen LogP contribution is -2.18. The van der Waals surface area contributed by atoms with Crippen molar-refractivity contribution >= 4 is 38.9 Å². The Bertz CT molecular complexity index is 539. The molecule has 0 amide bonds. The molecular formula is C14H15BrClNOS. The van der Waals surface area contributed by atoms with Gasteiger partial charge in [-0.25, -0.2) is 0 Å². The van der Waals surface area contributed by atoms with Crippen LogP contribution in [0.3, 0.4) is 0 Å². The van der Waals surface area contributed by atoms with Gasteiger partial charge in [-0.15, -0.1) is 11.3 Å². The number of ether oxygens (including phenoxy) is 1. The number of hydrogen-bond donors (Lipinski definition) is 1. The Balaban J connectivity index is 2.23. The molecule has 0 aliphatic heterocycles. The van der Waals surface area contributed by atoms with E-state index in [1.165, 1.54) is 10.4 Å². The average Bonchev–Trinajstić information content (AvgIpc) is 2.76. The standard InChI is InChI=1S/C14H15BrClNOS/c1-17-11(13-8-10(16)14(15)19-13)7-9-5-3-4-6-12(9)18-2/h3-6,8,11,17H,7H2,1-2H3. The zero-order valence-corrected chi connectivity index (χ0v) is 13.9. The molecule has 0 radical (unpaired) electrons. The monoisotopic (exact) mass is 359 g/mol. The lowest BCUT2D eigenvalue weighted by Gasteiger charge is -2.16. The zero-order valence-electron chi connectivity index (χ0n) is 10.7. The summed E-state index contributed by atoms with van der Waals surface area (Å²) in [5, 5.41) is 4.10. The van der Waals surface area contributed by atoms with Crippen molar-refractivity contribution in [1.29, 1.82) is 0 Å². The topological polar surface area (TPSA) is 21.3 Å². The van der Waals surface area contributed by atoms with Gasteiger partial charge in [-0.05, 0) is 47.1 Å². The summed E-state index contributed by atoms with van der Waals surface area (Å²) in [6.07, 6.45) is 0.865. The van der Waals surface area contributed by atoms with E-state index in [9.17, 15) is 0 Å². The van der Waals surface area contributed by atoms with Crippen LogP contribution in [0, 0.1) is 0 Å². The molecule has 1 heterocycles. The van der Waals surface area contributed by atoms with Crippen LogP contribution >= 0.6 is 38.9 Å². The van der Waals surface area contributed by atoms with Crippen LogP contribution < -0.4 is 10.1 Å². The van der Waals surface area contributed by atoms with Gasteiger partial charge in [0.15, 0.2) is 0 Å². The molecule has 19 heavy (non-hydrogen) atoms. The molecule has 2 rings (SSSR count). The summed E-state index contributed by atoms with van der Waals surface area (Å²) in [4.78, 5) is 1.21. The van der Waals surface area contributed by atoms with Crippen LogP contribution in [0.1, 0.15) is 16.5 Å². The first-order chi connectivity index (χ1) is 9.15. The maximum atomic E-state index is 6.10. The molecule has 0 fully saturated rings. The molecule has 1 aromatic heterocycles. The van der Waals surface area contributed by atoms with Crippen LogP contribution in [0.2, 0.25) is 5.02 Å². The third-order valence-corrected chi connectivity index (χ3v) is 5.56. The number of methoxy groups -OCH3 is 1. The number of nitrogens with one attached hydrogen (secondary N) is 1. The van der Waals surface area contributed by atoms with Gasteiger partial charge in [0.2, 0.25) is 0 Å². The molecule has 1 unspecified atom stereocenters. The SMILES string of the molecule is CNC(Cc1ccccc1OC)c1cc(Cl)c(Br)s1. The van der Waals surface area contributed by atoms with Crippen molar-refractivity contribution in [2.75, 3.05) is 14.2 Å². The van der Waals surface area contributed by atoms with E-state index in [0.29, 0.717) is 0 Å². The first-order valence-electron chi connectivity index (χ1n) is 5.89. The van der Waals surface area contributed by atoms with Crippen molar-refractivity contribution in [2.24, 2.45) is 0 Å². The smallest absolute Gasteiger partial charge is 0.122 e. The van der Waals surface area contributed by atoms with Crippen LogP contribution in [0.4, 0.5) is 0 Å². The quantitative estimate of drug-likeness (QED) is 0.836. The Morgan fingerprint density at radius 1 is 1.42 bits per heavy atom. The number of para-hydroxylation sites is 1. The van der Waals surface area contributed by atoms with Crippen LogP contribution in [-0.4, -0.2) is 14.2 Å². The van der Waals surface area contributed by atoms with E-state index < -0.39 is 0 Å². The third kappa shape index (κ3) is 3.51. The van der Waals surface area contributed by atoms with E-state index in [2.05, 4.69) is 27.3 Å². The fourth-order valence-electron chi connectivity index (χ4n) is 1.97. The van der Waals surface area contributed by atoms with Crippen molar-refractivity contribution in [3.05, 3.63) is 49.6 Å². The van der Waals surface area contributed by atoms with Crippen molar-refractivity contribution in [1.82, 2.24) is 5.32 Å². The molecule has 1 aromatic carbocycles. The second kappa shape index (κ2) is 6.75. The Labute approximate surface area is 130 Å². The van der Waals surface area contributed by atoms with E-state index in [4.69, 9.17) is 16.3 Å².